The molecule has 0 saturated heterocycles. The third-order valence-electron chi connectivity index (χ3n) is 3.66. The monoisotopic (exact) mass is 517 g/mol. The van der Waals surface area contributed by atoms with Gasteiger partial charge in [0.1, 0.15) is 4.90 Å². The zero-order chi connectivity index (χ0) is 25.8. The van der Waals surface area contributed by atoms with Crippen molar-refractivity contribution in [1.82, 2.24) is 20.4 Å². The van der Waals surface area contributed by atoms with Gasteiger partial charge in [0.05, 0.1) is 11.8 Å². The molecule has 8 nitrogen and oxygen atoms in total. The second-order valence-corrected chi connectivity index (χ2v) is 8.80. The maximum absolute atomic E-state index is 13.2. The van der Waals surface area contributed by atoms with Crippen LogP contribution in [0.15, 0.2) is 64.1 Å². The van der Waals surface area contributed by atoms with E-state index in [0.29, 0.717) is 0 Å². The fourth-order valence-electron chi connectivity index (χ4n) is 2.18. The average Bonchev–Trinajstić information content (AvgIpc) is 2.72. The summed E-state index contributed by atoms with van der Waals surface area (Å²) in [4.78, 5) is 19.8. The molecule has 1 amide bonds. The first-order valence-corrected chi connectivity index (χ1v) is 10.6. The van der Waals surface area contributed by atoms with E-state index in [1.807, 2.05) is 0 Å². The van der Waals surface area contributed by atoms with Gasteiger partial charge < -0.3 is 0 Å². The lowest BCUT2D eigenvalue weighted by molar-refractivity contribution is -0.137. The Hall–Kier alpha value is -3.76. The molecule has 1 heterocycles. The number of nitrogens with one attached hydrogen (secondary N) is 2. The van der Waals surface area contributed by atoms with E-state index in [2.05, 4.69) is 37.6 Å². The number of nitrogens with zero attached hydrogens (tertiary/aromatic N) is 5. The first kappa shape index (κ1) is 26.5. The molecule has 2 N–H and O–H groups in total. The summed E-state index contributed by atoms with van der Waals surface area (Å²) in [6.45, 7) is 2.99. The van der Waals surface area contributed by atoms with Crippen LogP contribution in [0.25, 0.3) is 0 Å². The molecule has 34 heavy (non-hydrogen) atoms. The van der Waals surface area contributed by atoms with Crippen LogP contribution in [0.4, 0.5) is 38.4 Å². The van der Waals surface area contributed by atoms with Crippen molar-refractivity contribution in [2.75, 3.05) is 12.5 Å². The minimum absolute atomic E-state index is 0.162. The molecule has 0 aliphatic heterocycles. The number of carbonyl (C=O) groups is 1. The van der Waals surface area contributed by atoms with E-state index in [-0.39, 0.29) is 18.0 Å². The summed E-state index contributed by atoms with van der Waals surface area (Å²) in [5, 5.41) is 4.38. The fraction of sp³-hybridized carbons (Fsp3) is 0.118. The van der Waals surface area contributed by atoms with Crippen LogP contribution in [0.5, 0.6) is 0 Å². The summed E-state index contributed by atoms with van der Waals surface area (Å²) < 4.78 is 105. The molecule has 2 rings (SSSR count). The Kier molecular flexibility index (Phi) is 6.66. The Labute approximate surface area is 186 Å². The van der Waals surface area contributed by atoms with Crippen LogP contribution < -0.4 is 10.9 Å². The van der Waals surface area contributed by atoms with Gasteiger partial charge in [0.2, 0.25) is 0 Å². The van der Waals surface area contributed by atoms with Crippen LogP contribution in [0.3, 0.4) is 0 Å². The van der Waals surface area contributed by atoms with Crippen molar-refractivity contribution in [2.45, 2.75) is 11.1 Å². The molecule has 0 saturated carbocycles. The van der Waals surface area contributed by atoms with E-state index in [1.54, 1.807) is 0 Å². The maximum Gasteiger partial charge on any atom is 0.416 e. The van der Waals surface area contributed by atoms with Crippen LogP contribution in [0, 0.1) is 0 Å². The molecule has 1 aromatic carbocycles. The zero-order valence-corrected chi connectivity index (χ0v) is 17.7. The molecular formula is C17H15F8N7OS. The number of anilines is 1. The molecule has 186 valence electrons. The minimum Gasteiger partial charge on any atom is -0.280 e. The molecule has 0 bridgehead atoms. The molecule has 17 heteroatoms. The minimum atomic E-state index is -10.5. The summed E-state index contributed by atoms with van der Waals surface area (Å²) in [7, 11) is -9.34. The van der Waals surface area contributed by atoms with Crippen LogP contribution >= 0.6 is 10.2 Å². The van der Waals surface area contributed by atoms with Gasteiger partial charge in [-0.25, -0.2) is 9.98 Å². The topological polar surface area (TPSA) is 94.9 Å². The Morgan fingerprint density at radius 1 is 1.15 bits per heavy atom. The van der Waals surface area contributed by atoms with Crippen molar-refractivity contribution >= 4 is 34.5 Å². The smallest absolute Gasteiger partial charge is 0.280 e. The van der Waals surface area contributed by atoms with Gasteiger partial charge in [-0.1, -0.05) is 19.4 Å². The second-order valence-electron chi connectivity index (χ2n) is 6.39. The molecule has 0 aliphatic carbocycles. The van der Waals surface area contributed by atoms with E-state index in [1.165, 1.54) is 18.6 Å². The van der Waals surface area contributed by atoms with Gasteiger partial charge in [-0.3, -0.25) is 25.6 Å². The number of amides is 1. The normalized spacial score (nSPS) is 14.8. The molecule has 2 aromatic rings. The number of amidine groups is 1. The van der Waals surface area contributed by atoms with Crippen molar-refractivity contribution in [3.8, 4) is 0 Å². The van der Waals surface area contributed by atoms with Crippen molar-refractivity contribution in [3.63, 3.8) is 0 Å². The predicted octanol–water partition coefficient (Wildman–Crippen LogP) is 5.10. The van der Waals surface area contributed by atoms with Gasteiger partial charge in [0.25, 0.3) is 5.91 Å². The molecule has 1 aromatic heterocycles. The first-order chi connectivity index (χ1) is 15.4. The van der Waals surface area contributed by atoms with E-state index < -0.39 is 50.2 Å². The van der Waals surface area contributed by atoms with Gasteiger partial charge in [-0.2, -0.15) is 18.3 Å². The zero-order valence-electron chi connectivity index (χ0n) is 16.9. The number of hydrazine groups is 1. The Morgan fingerprint density at radius 2 is 1.82 bits per heavy atom. The quantitative estimate of drug-likeness (QED) is 0.175. The maximum atomic E-state index is 13.2. The van der Waals surface area contributed by atoms with E-state index in [4.69, 9.17) is 0 Å². The first-order valence-electron chi connectivity index (χ1n) is 8.64. The summed E-state index contributed by atoms with van der Waals surface area (Å²) in [6.07, 6.45) is 0.470. The van der Waals surface area contributed by atoms with Gasteiger partial charge in [-0.05, 0) is 24.9 Å². The van der Waals surface area contributed by atoms with Crippen LogP contribution in [0.2, 0.25) is 0 Å². The highest BCUT2D eigenvalue weighted by molar-refractivity contribution is 8.45. The number of hydrogen-bond donors (Lipinski definition) is 2. The highest BCUT2D eigenvalue weighted by atomic mass is 32.5. The largest absolute Gasteiger partial charge is 0.416 e. The molecule has 0 unspecified atom stereocenters. The number of rotatable bonds is 7. The lowest BCUT2D eigenvalue weighted by atomic mass is 10.1. The number of halogens is 8. The fourth-order valence-corrected chi connectivity index (χ4v) is 2.88. The number of alkyl halides is 3. The predicted molar refractivity (Wildman–Crippen MR) is 110 cm³/mol. The highest BCUT2D eigenvalue weighted by Crippen LogP contribution is 3.02. The number of benzene rings is 1. The Bertz CT molecular complexity index is 1140. The highest BCUT2D eigenvalue weighted by Gasteiger charge is 2.66. The van der Waals surface area contributed by atoms with Gasteiger partial charge in [-0.15, -0.1) is 0 Å². The average molecular weight is 517 g/mol. The van der Waals surface area contributed by atoms with Gasteiger partial charge >= 0.3 is 16.4 Å². The van der Waals surface area contributed by atoms with Crippen molar-refractivity contribution in [3.05, 3.63) is 60.2 Å². The number of carbonyl (C=O) groups excluding carboxylic acids is 1. The van der Waals surface area contributed by atoms with Gasteiger partial charge in [0, 0.05) is 37.3 Å². The summed E-state index contributed by atoms with van der Waals surface area (Å²) in [5.74, 6) is -1.42. The van der Waals surface area contributed by atoms with Crippen molar-refractivity contribution < 1.29 is 37.4 Å². The van der Waals surface area contributed by atoms with E-state index in [0.717, 1.165) is 24.3 Å². The van der Waals surface area contributed by atoms with Crippen LogP contribution in [0.1, 0.15) is 11.1 Å². The van der Waals surface area contributed by atoms with Gasteiger partial charge in [0.15, 0.2) is 11.7 Å². The van der Waals surface area contributed by atoms with E-state index in [9.17, 15) is 37.4 Å². The van der Waals surface area contributed by atoms with Crippen molar-refractivity contribution in [1.29, 1.82) is 0 Å². The Balaban J connectivity index is 2.32. The number of hydrogen-bond acceptors (Lipinski definition) is 6. The standard InChI is InChI=1S/C17H15F8N7OS/c1-26-16(31-32(2)6-3-15(33)30-29-14-10-27-4-5-28-14)11-7-12(17(18,19)20)9-13(8-11)34(21,22,23,24)25/h3-10H,1H2,2H3,(H,28,29)(H,30,33)/b6-3-,31-16-. The second kappa shape index (κ2) is 8.54. The molecule has 0 aliphatic rings. The van der Waals surface area contributed by atoms with E-state index >= 15 is 0 Å². The molecule has 0 spiro atoms. The SMILES string of the molecule is C=N/C(=N\N(C)/C=C\C(=O)NNc1cnccn1)c1cc(C(F)(F)F)cc(S(F)(F)(F)(F)F)c1. The summed E-state index contributed by atoms with van der Waals surface area (Å²) in [6, 6.07) is -0.737. The molecule has 0 fully saturated rings. The van der Waals surface area contributed by atoms with Crippen LogP contribution in [-0.4, -0.2) is 40.5 Å². The number of aliphatic imine (C=N–C) groups is 1. The lowest BCUT2D eigenvalue weighted by Gasteiger charge is -2.41. The van der Waals surface area contributed by atoms with Crippen LogP contribution in [-0.2, 0) is 11.0 Å². The Morgan fingerprint density at radius 3 is 2.35 bits per heavy atom. The summed E-state index contributed by atoms with van der Waals surface area (Å²) in [5.41, 5.74) is 1.58. The number of aromatic nitrogens is 2. The van der Waals surface area contributed by atoms with Crippen molar-refractivity contribution in [2.24, 2.45) is 10.1 Å². The third-order valence-corrected chi connectivity index (χ3v) is 4.78. The molecular weight excluding hydrogens is 502 g/mol. The number of hydrazone groups is 1. The molecule has 0 atom stereocenters. The lowest BCUT2D eigenvalue weighted by Crippen LogP contribution is -2.28. The third kappa shape index (κ3) is 7.68. The molecule has 0 radical (unpaired) electrons. The summed E-state index contributed by atoms with van der Waals surface area (Å²) >= 11 is 0.